The van der Waals surface area contributed by atoms with E-state index < -0.39 is 11.4 Å². The molecule has 5 heteroatoms. The van der Waals surface area contributed by atoms with Crippen molar-refractivity contribution in [1.82, 2.24) is 14.5 Å². The van der Waals surface area contributed by atoms with Crippen LogP contribution in [0.1, 0.15) is 60.8 Å². The zero-order chi connectivity index (χ0) is 21.3. The van der Waals surface area contributed by atoms with Crippen LogP contribution in [-0.4, -0.2) is 25.6 Å². The Morgan fingerprint density at radius 1 is 1.13 bits per heavy atom. The molecule has 30 heavy (non-hydrogen) atoms. The molecule has 1 N–H and O–H groups in total. The van der Waals surface area contributed by atoms with Gasteiger partial charge in [0.2, 0.25) is 0 Å². The van der Waals surface area contributed by atoms with Gasteiger partial charge >= 0.3 is 5.97 Å². The normalized spacial score (nSPS) is 15.2. The second kappa shape index (κ2) is 8.05. The predicted molar refractivity (Wildman–Crippen MR) is 119 cm³/mol. The summed E-state index contributed by atoms with van der Waals surface area (Å²) in [6.45, 7) is 6.98. The summed E-state index contributed by atoms with van der Waals surface area (Å²) in [5.74, 6) is 0.317. The average Bonchev–Trinajstić information content (AvgIpc) is 3.34. The van der Waals surface area contributed by atoms with Crippen LogP contribution >= 0.6 is 0 Å². The van der Waals surface area contributed by atoms with Crippen molar-refractivity contribution in [2.75, 3.05) is 0 Å². The van der Waals surface area contributed by atoms with Gasteiger partial charge in [0.1, 0.15) is 11.3 Å². The Hall–Kier alpha value is -2.95. The lowest BCUT2D eigenvalue weighted by Crippen LogP contribution is -2.32. The van der Waals surface area contributed by atoms with Crippen molar-refractivity contribution in [3.05, 3.63) is 70.7 Å². The number of allylic oxidation sites excluding steroid dienone is 2. The van der Waals surface area contributed by atoms with Gasteiger partial charge in [0.15, 0.2) is 5.65 Å². The topological polar surface area (TPSA) is 68.0 Å². The van der Waals surface area contributed by atoms with E-state index in [0.29, 0.717) is 19.4 Å². The van der Waals surface area contributed by atoms with Crippen LogP contribution in [0.15, 0.2) is 42.5 Å². The monoisotopic (exact) mass is 403 g/mol. The molecule has 0 unspecified atom stereocenters. The number of carboxylic acid groups (broad SMARTS) is 1. The second-order valence-electron chi connectivity index (χ2n) is 8.43. The zero-order valence-electron chi connectivity index (χ0n) is 18.0. The Morgan fingerprint density at radius 2 is 1.83 bits per heavy atom. The van der Waals surface area contributed by atoms with Crippen LogP contribution in [-0.2, 0) is 23.2 Å². The number of unbranched alkanes of at least 4 members (excludes halogenated alkanes) is 1. The van der Waals surface area contributed by atoms with Crippen LogP contribution in [0.5, 0.6) is 0 Å². The lowest BCUT2D eigenvalue weighted by atomic mass is 9.78. The minimum absolute atomic E-state index is 0.553. The van der Waals surface area contributed by atoms with Gasteiger partial charge in [-0.25, -0.2) is 9.97 Å². The fourth-order valence-corrected chi connectivity index (χ4v) is 4.44. The highest BCUT2D eigenvalue weighted by Crippen LogP contribution is 2.37. The number of hydrogen-bond acceptors (Lipinski definition) is 3. The Morgan fingerprint density at radius 3 is 2.47 bits per heavy atom. The molecule has 1 aliphatic rings. The van der Waals surface area contributed by atoms with Gasteiger partial charge in [0.05, 0.1) is 12.0 Å². The van der Waals surface area contributed by atoms with E-state index in [2.05, 4.69) is 36.6 Å². The molecule has 1 aromatic carbocycles. The van der Waals surface area contributed by atoms with Crippen LogP contribution in [0.25, 0.3) is 11.2 Å². The first-order valence-corrected chi connectivity index (χ1v) is 10.8. The number of benzene rings is 1. The van der Waals surface area contributed by atoms with Crippen LogP contribution in [0, 0.1) is 13.8 Å². The third kappa shape index (κ3) is 3.53. The first kappa shape index (κ1) is 20.3. The molecule has 0 aliphatic heterocycles. The van der Waals surface area contributed by atoms with Gasteiger partial charge in [0.25, 0.3) is 0 Å². The van der Waals surface area contributed by atoms with E-state index in [1.165, 1.54) is 0 Å². The number of rotatable bonds is 7. The molecular formula is C25H29N3O2. The minimum atomic E-state index is -0.817. The van der Waals surface area contributed by atoms with Gasteiger partial charge in [0, 0.05) is 12.1 Å². The Bertz CT molecular complexity index is 1100. The third-order valence-corrected chi connectivity index (χ3v) is 6.21. The molecule has 0 amide bonds. The van der Waals surface area contributed by atoms with E-state index in [1.54, 1.807) is 0 Å². The van der Waals surface area contributed by atoms with Crippen LogP contribution in [0.3, 0.4) is 0 Å². The first-order valence-electron chi connectivity index (χ1n) is 10.8. The number of nitrogens with zero attached hydrogens (tertiary/aromatic N) is 3. The van der Waals surface area contributed by atoms with Gasteiger partial charge in [-0.1, -0.05) is 49.8 Å². The molecule has 0 bridgehead atoms. The van der Waals surface area contributed by atoms with Gasteiger partial charge in [-0.3, -0.25) is 4.79 Å². The number of aliphatic carboxylic acids is 1. The smallest absolute Gasteiger partial charge is 0.314 e. The molecular weight excluding hydrogens is 374 g/mol. The summed E-state index contributed by atoms with van der Waals surface area (Å²) in [6.07, 6.45) is 8.18. The molecule has 0 saturated carbocycles. The molecule has 156 valence electrons. The van der Waals surface area contributed by atoms with E-state index in [4.69, 9.17) is 9.97 Å². The number of carboxylic acids is 1. The van der Waals surface area contributed by atoms with Crippen LogP contribution in [0.2, 0.25) is 0 Å². The number of imidazole rings is 1. The number of carbonyl (C=O) groups is 1. The maximum atomic E-state index is 12.0. The Balaban J connectivity index is 1.69. The fraction of sp³-hybridized carbons (Fsp3) is 0.400. The van der Waals surface area contributed by atoms with Crippen molar-refractivity contribution < 1.29 is 9.90 Å². The van der Waals surface area contributed by atoms with Gasteiger partial charge in [-0.05, 0) is 55.9 Å². The maximum absolute atomic E-state index is 12.0. The summed E-state index contributed by atoms with van der Waals surface area (Å²) >= 11 is 0. The maximum Gasteiger partial charge on any atom is 0.314 e. The quantitative estimate of drug-likeness (QED) is 0.557. The van der Waals surface area contributed by atoms with Crippen molar-refractivity contribution in [2.45, 2.75) is 64.8 Å². The summed E-state index contributed by atoms with van der Waals surface area (Å²) in [4.78, 5) is 21.7. The lowest BCUT2D eigenvalue weighted by molar-refractivity contribution is -0.143. The fourth-order valence-electron chi connectivity index (χ4n) is 4.44. The summed E-state index contributed by atoms with van der Waals surface area (Å²) in [7, 11) is 0. The number of aryl methyl sites for hydroxylation is 3. The highest BCUT2D eigenvalue weighted by atomic mass is 16.4. The summed E-state index contributed by atoms with van der Waals surface area (Å²) < 4.78 is 2.23. The molecule has 0 spiro atoms. The van der Waals surface area contributed by atoms with Crippen molar-refractivity contribution in [1.29, 1.82) is 0 Å². The Kier molecular flexibility index (Phi) is 5.46. The van der Waals surface area contributed by atoms with Crippen molar-refractivity contribution >= 4 is 17.1 Å². The molecule has 1 aliphatic carbocycles. The SMILES string of the molecule is CCCCc1nc2c(C)cc(C)nc2n1Cc1ccc(C2(C(=O)O)CC=CC2)cc1. The first-order chi connectivity index (χ1) is 14.4. The summed E-state index contributed by atoms with van der Waals surface area (Å²) in [5, 5.41) is 9.82. The van der Waals surface area contributed by atoms with Gasteiger partial charge < -0.3 is 9.67 Å². The molecule has 4 rings (SSSR count). The highest BCUT2D eigenvalue weighted by molar-refractivity contribution is 5.82. The number of fused-ring (bicyclic) bond motifs is 1. The van der Waals surface area contributed by atoms with Gasteiger partial charge in [-0.2, -0.15) is 0 Å². The van der Waals surface area contributed by atoms with Crippen LogP contribution in [0.4, 0.5) is 0 Å². The predicted octanol–water partition coefficient (Wildman–Crippen LogP) is 5.11. The average molecular weight is 404 g/mol. The molecule has 0 radical (unpaired) electrons. The van der Waals surface area contributed by atoms with Crippen molar-refractivity contribution in [2.24, 2.45) is 0 Å². The molecule has 2 heterocycles. The lowest BCUT2D eigenvalue weighted by Gasteiger charge is -2.24. The Labute approximate surface area is 177 Å². The van der Waals surface area contributed by atoms with E-state index in [1.807, 2.05) is 31.2 Å². The van der Waals surface area contributed by atoms with Gasteiger partial charge in [-0.15, -0.1) is 0 Å². The zero-order valence-corrected chi connectivity index (χ0v) is 18.0. The third-order valence-electron chi connectivity index (χ3n) is 6.21. The molecule has 3 aromatic rings. The van der Waals surface area contributed by atoms with Crippen LogP contribution < -0.4 is 0 Å². The molecule has 0 fully saturated rings. The highest BCUT2D eigenvalue weighted by Gasteiger charge is 2.40. The van der Waals surface area contributed by atoms with E-state index in [-0.39, 0.29) is 0 Å². The second-order valence-corrected chi connectivity index (χ2v) is 8.43. The molecule has 0 atom stereocenters. The summed E-state index contributed by atoms with van der Waals surface area (Å²) in [6, 6.07) is 10.1. The van der Waals surface area contributed by atoms with Crippen molar-refractivity contribution in [3.63, 3.8) is 0 Å². The number of aromatic nitrogens is 3. The van der Waals surface area contributed by atoms with E-state index in [0.717, 1.165) is 58.6 Å². The number of hydrogen-bond donors (Lipinski definition) is 1. The molecule has 5 nitrogen and oxygen atoms in total. The van der Waals surface area contributed by atoms with Crippen molar-refractivity contribution in [3.8, 4) is 0 Å². The number of pyridine rings is 1. The standard InChI is InChI=1S/C25H29N3O2/c1-4-5-8-21-27-22-17(2)15-18(3)26-23(22)28(21)16-19-9-11-20(12-10-19)25(24(29)30)13-6-7-14-25/h6-7,9-12,15H,4-5,8,13-14,16H2,1-3H3,(H,29,30). The molecule has 0 saturated heterocycles. The van der Waals surface area contributed by atoms with E-state index in [9.17, 15) is 9.90 Å². The van der Waals surface area contributed by atoms with E-state index >= 15 is 0 Å². The largest absolute Gasteiger partial charge is 0.481 e. The summed E-state index contributed by atoms with van der Waals surface area (Å²) in [5.41, 5.74) is 5.24. The molecule has 2 aromatic heterocycles. The minimum Gasteiger partial charge on any atom is -0.481 e.